The SMILES string of the molecule is CC(=O)N1c2ccccc2N(C(=O)Cc2ccc(-c3ccccc3)cc2)C[C@@H]1C. The highest BCUT2D eigenvalue weighted by atomic mass is 16.2. The van der Waals surface area contributed by atoms with Crippen molar-refractivity contribution in [3.63, 3.8) is 0 Å². The summed E-state index contributed by atoms with van der Waals surface area (Å²) in [6.45, 7) is 4.04. The molecule has 3 aromatic carbocycles. The van der Waals surface area contributed by atoms with Crippen molar-refractivity contribution < 1.29 is 9.59 Å². The molecule has 1 heterocycles. The Morgan fingerprint density at radius 3 is 2.07 bits per heavy atom. The van der Waals surface area contributed by atoms with Crippen molar-refractivity contribution in [1.29, 1.82) is 0 Å². The molecule has 146 valence electrons. The lowest BCUT2D eigenvalue weighted by Crippen LogP contribution is -2.51. The Labute approximate surface area is 171 Å². The van der Waals surface area contributed by atoms with E-state index in [1.165, 1.54) is 0 Å². The molecule has 0 saturated heterocycles. The number of benzene rings is 3. The van der Waals surface area contributed by atoms with E-state index < -0.39 is 0 Å². The number of rotatable bonds is 3. The fourth-order valence-electron chi connectivity index (χ4n) is 4.01. The number of amides is 2. The summed E-state index contributed by atoms with van der Waals surface area (Å²) < 4.78 is 0. The van der Waals surface area contributed by atoms with Gasteiger partial charge in [0.1, 0.15) is 0 Å². The second-order valence-electron chi connectivity index (χ2n) is 7.47. The van der Waals surface area contributed by atoms with Crippen molar-refractivity contribution in [3.8, 4) is 11.1 Å². The third-order valence-corrected chi connectivity index (χ3v) is 5.38. The molecule has 0 radical (unpaired) electrons. The lowest BCUT2D eigenvalue weighted by atomic mass is 10.0. The zero-order valence-electron chi connectivity index (χ0n) is 16.7. The lowest BCUT2D eigenvalue weighted by molar-refractivity contribution is -0.119. The maximum Gasteiger partial charge on any atom is 0.231 e. The van der Waals surface area contributed by atoms with E-state index in [2.05, 4.69) is 24.3 Å². The fourth-order valence-corrected chi connectivity index (χ4v) is 4.01. The molecule has 2 amide bonds. The molecule has 0 aliphatic carbocycles. The minimum atomic E-state index is -0.0631. The summed E-state index contributed by atoms with van der Waals surface area (Å²) in [6.07, 6.45) is 0.330. The van der Waals surface area contributed by atoms with Crippen molar-refractivity contribution in [3.05, 3.63) is 84.4 Å². The molecule has 0 spiro atoms. The molecule has 29 heavy (non-hydrogen) atoms. The molecule has 1 aliphatic rings. The zero-order chi connectivity index (χ0) is 20.4. The normalized spacial score (nSPS) is 15.7. The van der Waals surface area contributed by atoms with Crippen LogP contribution < -0.4 is 9.80 Å². The monoisotopic (exact) mass is 384 g/mol. The van der Waals surface area contributed by atoms with E-state index in [0.717, 1.165) is 28.1 Å². The number of hydrogen-bond acceptors (Lipinski definition) is 2. The minimum Gasteiger partial charge on any atom is -0.308 e. The van der Waals surface area contributed by atoms with E-state index in [0.29, 0.717) is 13.0 Å². The Bertz CT molecular complexity index is 1030. The molecule has 0 fully saturated rings. The van der Waals surface area contributed by atoms with Crippen molar-refractivity contribution in [2.45, 2.75) is 26.3 Å². The molecule has 4 rings (SSSR count). The van der Waals surface area contributed by atoms with Crippen molar-refractivity contribution in [1.82, 2.24) is 0 Å². The van der Waals surface area contributed by atoms with Gasteiger partial charge >= 0.3 is 0 Å². The van der Waals surface area contributed by atoms with Gasteiger partial charge in [-0.05, 0) is 35.7 Å². The third kappa shape index (κ3) is 3.79. The van der Waals surface area contributed by atoms with E-state index in [1.807, 2.05) is 66.4 Å². The number of fused-ring (bicyclic) bond motifs is 1. The van der Waals surface area contributed by atoms with Gasteiger partial charge in [-0.1, -0.05) is 66.7 Å². The Morgan fingerprint density at radius 1 is 0.828 bits per heavy atom. The number of para-hydroxylation sites is 2. The van der Waals surface area contributed by atoms with E-state index in [9.17, 15) is 9.59 Å². The maximum absolute atomic E-state index is 13.1. The fraction of sp³-hybridized carbons (Fsp3) is 0.200. The predicted octanol–water partition coefficient (Wildman–Crippen LogP) is 4.68. The Morgan fingerprint density at radius 2 is 1.41 bits per heavy atom. The Balaban J connectivity index is 1.55. The van der Waals surface area contributed by atoms with Crippen LogP contribution in [0.5, 0.6) is 0 Å². The number of hydrogen-bond donors (Lipinski definition) is 0. The molecule has 1 aliphatic heterocycles. The first-order chi connectivity index (χ1) is 14.0. The van der Waals surface area contributed by atoms with Crippen LogP contribution in [0.3, 0.4) is 0 Å². The molecule has 3 aromatic rings. The van der Waals surface area contributed by atoms with Gasteiger partial charge in [0.25, 0.3) is 0 Å². The Hall–Kier alpha value is -3.40. The van der Waals surface area contributed by atoms with Gasteiger partial charge in [-0.25, -0.2) is 0 Å². The largest absolute Gasteiger partial charge is 0.308 e. The smallest absolute Gasteiger partial charge is 0.231 e. The van der Waals surface area contributed by atoms with Gasteiger partial charge in [0.15, 0.2) is 0 Å². The van der Waals surface area contributed by atoms with Crippen molar-refractivity contribution >= 4 is 23.2 Å². The Kier molecular flexibility index (Phi) is 5.17. The van der Waals surface area contributed by atoms with Gasteiger partial charge in [-0.15, -0.1) is 0 Å². The van der Waals surface area contributed by atoms with Crippen LogP contribution in [0.1, 0.15) is 19.4 Å². The van der Waals surface area contributed by atoms with Crippen LogP contribution in [0.2, 0.25) is 0 Å². The molecular weight excluding hydrogens is 360 g/mol. The third-order valence-electron chi connectivity index (χ3n) is 5.38. The van der Waals surface area contributed by atoms with Crippen LogP contribution in [0.25, 0.3) is 11.1 Å². The van der Waals surface area contributed by atoms with Crippen molar-refractivity contribution in [2.75, 3.05) is 16.3 Å². The molecular formula is C25H24N2O2. The van der Waals surface area contributed by atoms with Crippen LogP contribution in [0.4, 0.5) is 11.4 Å². The van der Waals surface area contributed by atoms with Crippen LogP contribution >= 0.6 is 0 Å². The summed E-state index contributed by atoms with van der Waals surface area (Å²) in [5.74, 6) is 0.0357. The minimum absolute atomic E-state index is 0.00597. The first-order valence-corrected chi connectivity index (χ1v) is 9.88. The average Bonchev–Trinajstić information content (AvgIpc) is 2.74. The van der Waals surface area contributed by atoms with Crippen LogP contribution in [0, 0.1) is 0 Å². The number of nitrogens with zero attached hydrogens (tertiary/aromatic N) is 2. The van der Waals surface area contributed by atoms with E-state index in [4.69, 9.17) is 0 Å². The van der Waals surface area contributed by atoms with Gasteiger partial charge in [0.2, 0.25) is 11.8 Å². The first-order valence-electron chi connectivity index (χ1n) is 9.88. The molecule has 4 heteroatoms. The number of carbonyl (C=O) groups excluding carboxylic acids is 2. The second kappa shape index (κ2) is 7.92. The molecule has 0 unspecified atom stereocenters. The van der Waals surface area contributed by atoms with E-state index in [-0.39, 0.29) is 17.9 Å². The highest BCUT2D eigenvalue weighted by Gasteiger charge is 2.33. The molecule has 0 saturated carbocycles. The van der Waals surface area contributed by atoms with Crippen LogP contribution in [-0.4, -0.2) is 24.4 Å². The van der Waals surface area contributed by atoms with Gasteiger partial charge < -0.3 is 9.80 Å². The van der Waals surface area contributed by atoms with Gasteiger partial charge in [0, 0.05) is 13.5 Å². The summed E-state index contributed by atoms with van der Waals surface area (Å²) in [6, 6.07) is 25.9. The van der Waals surface area contributed by atoms with E-state index >= 15 is 0 Å². The molecule has 1 atom stereocenters. The summed E-state index contributed by atoms with van der Waals surface area (Å²) in [5, 5.41) is 0. The van der Waals surface area contributed by atoms with E-state index in [1.54, 1.807) is 11.8 Å². The zero-order valence-corrected chi connectivity index (χ0v) is 16.7. The second-order valence-corrected chi connectivity index (χ2v) is 7.47. The van der Waals surface area contributed by atoms with Crippen molar-refractivity contribution in [2.24, 2.45) is 0 Å². The first kappa shape index (κ1) is 18.9. The average molecular weight is 384 g/mol. The molecule has 0 aromatic heterocycles. The van der Waals surface area contributed by atoms with Gasteiger partial charge in [-0.2, -0.15) is 0 Å². The lowest BCUT2D eigenvalue weighted by Gasteiger charge is -2.40. The molecule has 0 N–H and O–H groups in total. The maximum atomic E-state index is 13.1. The van der Waals surface area contributed by atoms with Crippen LogP contribution in [0.15, 0.2) is 78.9 Å². The summed E-state index contributed by atoms with van der Waals surface area (Å²) in [5.41, 5.74) is 4.87. The summed E-state index contributed by atoms with van der Waals surface area (Å²) in [4.78, 5) is 28.8. The highest BCUT2D eigenvalue weighted by Crippen LogP contribution is 2.35. The topological polar surface area (TPSA) is 40.6 Å². The summed E-state index contributed by atoms with van der Waals surface area (Å²) in [7, 11) is 0. The highest BCUT2D eigenvalue weighted by molar-refractivity contribution is 6.04. The predicted molar refractivity (Wildman–Crippen MR) is 117 cm³/mol. The standard InChI is InChI=1S/C25H24N2O2/c1-18-17-26(23-10-6-7-11-24(23)27(18)19(2)28)25(29)16-20-12-14-22(15-13-20)21-8-4-3-5-9-21/h3-15,18H,16-17H2,1-2H3/t18-/m0/s1. The van der Waals surface area contributed by atoms with Gasteiger partial charge in [-0.3, -0.25) is 9.59 Å². The number of anilines is 2. The molecule has 0 bridgehead atoms. The quantitative estimate of drug-likeness (QED) is 0.658. The van der Waals surface area contributed by atoms with Crippen LogP contribution in [-0.2, 0) is 16.0 Å². The number of carbonyl (C=O) groups is 2. The van der Waals surface area contributed by atoms with Gasteiger partial charge in [0.05, 0.1) is 23.8 Å². The summed E-state index contributed by atoms with van der Waals surface area (Å²) >= 11 is 0. The molecule has 4 nitrogen and oxygen atoms in total.